The van der Waals surface area contributed by atoms with E-state index in [1.807, 2.05) is 0 Å². The van der Waals surface area contributed by atoms with Crippen LogP contribution in [0.1, 0.15) is 46.0 Å². The van der Waals surface area contributed by atoms with Gasteiger partial charge in [0, 0.05) is 11.3 Å². The highest BCUT2D eigenvalue weighted by Crippen LogP contribution is 2.21. The summed E-state index contributed by atoms with van der Waals surface area (Å²) in [4.78, 5) is 26.1. The zero-order valence-electron chi connectivity index (χ0n) is 10.7. The largest absolute Gasteiger partial charge is 0.462 e. The Bertz CT molecular complexity index is 450. The molecule has 0 radical (unpaired) electrons. The molecule has 18 heavy (non-hydrogen) atoms. The van der Waals surface area contributed by atoms with Crippen molar-refractivity contribution in [2.45, 2.75) is 27.4 Å². The van der Waals surface area contributed by atoms with Gasteiger partial charge in [-0.2, -0.15) is 0 Å². The second-order valence-corrected chi connectivity index (χ2v) is 3.58. The van der Waals surface area contributed by atoms with Crippen molar-refractivity contribution in [3.8, 4) is 0 Å². The molecule has 2 N–H and O–H groups in total. The summed E-state index contributed by atoms with van der Waals surface area (Å²) in [7, 11) is 0. The van der Waals surface area contributed by atoms with Crippen molar-refractivity contribution in [2.75, 3.05) is 13.2 Å². The number of ether oxygens (including phenoxy) is 2. The van der Waals surface area contributed by atoms with Gasteiger partial charge in [-0.15, -0.1) is 0 Å². The van der Waals surface area contributed by atoms with E-state index >= 15 is 0 Å². The van der Waals surface area contributed by atoms with Crippen molar-refractivity contribution in [1.29, 1.82) is 0 Å². The number of aromatic amines is 1. The van der Waals surface area contributed by atoms with E-state index in [0.717, 1.165) is 0 Å². The SMILES string of the molecule is CCOC(=O)c1[nH]c(C)c(C(=O)OCC)c1CO. The second kappa shape index (κ2) is 6.20. The highest BCUT2D eigenvalue weighted by atomic mass is 16.5. The summed E-state index contributed by atoms with van der Waals surface area (Å²) >= 11 is 0. The first-order valence-corrected chi connectivity index (χ1v) is 5.73. The van der Waals surface area contributed by atoms with Crippen LogP contribution in [0.2, 0.25) is 0 Å². The number of esters is 2. The fourth-order valence-corrected chi connectivity index (χ4v) is 1.69. The normalized spacial score (nSPS) is 10.2. The molecular formula is C12H17NO5. The Kier molecular flexibility index (Phi) is 4.91. The van der Waals surface area contributed by atoms with Gasteiger partial charge in [0.15, 0.2) is 0 Å². The highest BCUT2D eigenvalue weighted by Gasteiger charge is 2.25. The van der Waals surface area contributed by atoms with Gasteiger partial charge in [0.25, 0.3) is 0 Å². The van der Waals surface area contributed by atoms with E-state index in [4.69, 9.17) is 9.47 Å². The summed E-state index contributed by atoms with van der Waals surface area (Å²) < 4.78 is 9.73. The lowest BCUT2D eigenvalue weighted by Crippen LogP contribution is -2.11. The predicted octanol–water partition coefficient (Wildman–Crippen LogP) is 1.17. The molecule has 0 aliphatic heterocycles. The van der Waals surface area contributed by atoms with Crippen molar-refractivity contribution in [1.82, 2.24) is 4.98 Å². The molecule has 0 unspecified atom stereocenters. The Labute approximate surface area is 105 Å². The first-order chi connectivity index (χ1) is 8.56. The number of carbonyl (C=O) groups excluding carboxylic acids is 2. The number of aryl methyl sites for hydroxylation is 1. The monoisotopic (exact) mass is 255 g/mol. The van der Waals surface area contributed by atoms with Crippen LogP contribution >= 0.6 is 0 Å². The molecule has 0 aromatic carbocycles. The molecule has 0 saturated heterocycles. The van der Waals surface area contributed by atoms with Gasteiger partial charge in [-0.3, -0.25) is 0 Å². The lowest BCUT2D eigenvalue weighted by Gasteiger charge is -2.04. The second-order valence-electron chi connectivity index (χ2n) is 3.58. The van der Waals surface area contributed by atoms with Crippen LogP contribution in [0.4, 0.5) is 0 Å². The molecule has 0 atom stereocenters. The maximum absolute atomic E-state index is 11.7. The highest BCUT2D eigenvalue weighted by molar-refractivity contribution is 5.98. The molecule has 0 fully saturated rings. The average Bonchev–Trinajstić information content (AvgIpc) is 2.66. The summed E-state index contributed by atoms with van der Waals surface area (Å²) in [5.74, 6) is -1.16. The molecule has 0 aliphatic carbocycles. The molecule has 0 saturated carbocycles. The summed E-state index contributed by atoms with van der Waals surface area (Å²) in [5.41, 5.74) is 0.979. The molecular weight excluding hydrogens is 238 g/mol. The Morgan fingerprint density at radius 1 is 1.17 bits per heavy atom. The van der Waals surface area contributed by atoms with Gasteiger partial charge in [0.1, 0.15) is 5.69 Å². The van der Waals surface area contributed by atoms with E-state index in [0.29, 0.717) is 5.69 Å². The quantitative estimate of drug-likeness (QED) is 0.771. The van der Waals surface area contributed by atoms with Gasteiger partial charge in [-0.05, 0) is 20.8 Å². The third-order valence-corrected chi connectivity index (χ3v) is 2.41. The molecule has 1 rings (SSSR count). The molecule has 0 amide bonds. The predicted molar refractivity (Wildman–Crippen MR) is 63.4 cm³/mol. The molecule has 6 nitrogen and oxygen atoms in total. The van der Waals surface area contributed by atoms with Crippen LogP contribution < -0.4 is 0 Å². The summed E-state index contributed by atoms with van der Waals surface area (Å²) in [6.07, 6.45) is 0. The zero-order valence-corrected chi connectivity index (χ0v) is 10.7. The standard InChI is InChI=1S/C12H17NO5/c1-4-17-11(15)9-7(3)13-10(8(9)6-14)12(16)18-5-2/h13-14H,4-6H2,1-3H3. The van der Waals surface area contributed by atoms with Crippen molar-refractivity contribution >= 4 is 11.9 Å². The minimum Gasteiger partial charge on any atom is -0.462 e. The number of aliphatic hydroxyl groups excluding tert-OH is 1. The van der Waals surface area contributed by atoms with Crippen LogP contribution in [-0.2, 0) is 16.1 Å². The van der Waals surface area contributed by atoms with Gasteiger partial charge in [0.2, 0.25) is 0 Å². The van der Waals surface area contributed by atoms with Gasteiger partial charge < -0.3 is 19.6 Å². The Balaban J connectivity index is 3.20. The van der Waals surface area contributed by atoms with Crippen LogP contribution in [0, 0.1) is 6.92 Å². The van der Waals surface area contributed by atoms with Crippen molar-refractivity contribution in [3.63, 3.8) is 0 Å². The molecule has 0 aliphatic rings. The van der Waals surface area contributed by atoms with E-state index in [-0.39, 0.29) is 30.0 Å². The maximum atomic E-state index is 11.7. The van der Waals surface area contributed by atoms with Gasteiger partial charge in [0.05, 0.1) is 25.4 Å². The fraction of sp³-hybridized carbons (Fsp3) is 0.500. The van der Waals surface area contributed by atoms with E-state index in [2.05, 4.69) is 4.98 Å². The van der Waals surface area contributed by atoms with Crippen LogP contribution in [0.25, 0.3) is 0 Å². The Morgan fingerprint density at radius 2 is 1.72 bits per heavy atom. The lowest BCUT2D eigenvalue weighted by atomic mass is 10.1. The van der Waals surface area contributed by atoms with E-state index in [9.17, 15) is 14.7 Å². The van der Waals surface area contributed by atoms with Gasteiger partial charge in [-0.1, -0.05) is 0 Å². The number of hydrogen-bond donors (Lipinski definition) is 2. The summed E-state index contributed by atoms with van der Waals surface area (Å²) in [5, 5.41) is 9.31. The number of hydrogen-bond acceptors (Lipinski definition) is 5. The van der Waals surface area contributed by atoms with E-state index in [1.54, 1.807) is 20.8 Å². The summed E-state index contributed by atoms with van der Waals surface area (Å²) in [6.45, 7) is 5.00. The maximum Gasteiger partial charge on any atom is 0.355 e. The molecule has 1 heterocycles. The number of H-pyrrole nitrogens is 1. The third kappa shape index (κ3) is 2.70. The summed E-state index contributed by atoms with van der Waals surface area (Å²) in [6, 6.07) is 0. The number of rotatable bonds is 5. The number of aromatic nitrogens is 1. The number of nitrogens with one attached hydrogen (secondary N) is 1. The molecule has 0 bridgehead atoms. The molecule has 6 heteroatoms. The molecule has 1 aromatic rings. The van der Waals surface area contributed by atoms with E-state index < -0.39 is 18.5 Å². The Morgan fingerprint density at radius 3 is 2.22 bits per heavy atom. The first-order valence-electron chi connectivity index (χ1n) is 5.73. The lowest BCUT2D eigenvalue weighted by molar-refractivity contribution is 0.0516. The van der Waals surface area contributed by atoms with Crippen LogP contribution in [-0.4, -0.2) is 35.2 Å². The fourth-order valence-electron chi connectivity index (χ4n) is 1.69. The van der Waals surface area contributed by atoms with Crippen LogP contribution in [0.3, 0.4) is 0 Å². The van der Waals surface area contributed by atoms with Crippen LogP contribution in [0.15, 0.2) is 0 Å². The van der Waals surface area contributed by atoms with E-state index in [1.165, 1.54) is 0 Å². The van der Waals surface area contributed by atoms with Gasteiger partial charge in [-0.25, -0.2) is 9.59 Å². The van der Waals surface area contributed by atoms with Crippen molar-refractivity contribution < 1.29 is 24.2 Å². The topological polar surface area (TPSA) is 88.6 Å². The number of aliphatic hydroxyl groups is 1. The minimum absolute atomic E-state index is 0.0971. The van der Waals surface area contributed by atoms with Gasteiger partial charge >= 0.3 is 11.9 Å². The van der Waals surface area contributed by atoms with Crippen molar-refractivity contribution in [2.24, 2.45) is 0 Å². The molecule has 1 aromatic heterocycles. The van der Waals surface area contributed by atoms with Crippen molar-refractivity contribution in [3.05, 3.63) is 22.5 Å². The minimum atomic E-state index is -0.597. The third-order valence-electron chi connectivity index (χ3n) is 2.41. The van der Waals surface area contributed by atoms with Crippen LogP contribution in [0.5, 0.6) is 0 Å². The molecule has 100 valence electrons. The average molecular weight is 255 g/mol. The number of carbonyl (C=O) groups is 2. The first kappa shape index (κ1) is 14.2. The smallest absolute Gasteiger partial charge is 0.355 e. The zero-order chi connectivity index (χ0) is 13.7. The molecule has 0 spiro atoms. The Hall–Kier alpha value is -1.82.